The minimum Gasteiger partial charge on any atom is -0.508 e. The number of H-pyrrole nitrogens is 1. The number of carbonyl (C=O) groups is 11. The molecule has 506 valence electrons. The summed E-state index contributed by atoms with van der Waals surface area (Å²) in [6, 6.07) is 17.3. The number of aromatic nitrogens is 2. The molecule has 0 aliphatic heterocycles. The largest absolute Gasteiger partial charge is 0.508 e. The lowest BCUT2D eigenvalue weighted by atomic mass is 10.0. The van der Waals surface area contributed by atoms with Gasteiger partial charge in [-0.25, -0.2) is 4.98 Å². The zero-order chi connectivity index (χ0) is 70.7. The van der Waals surface area contributed by atoms with Crippen LogP contribution in [-0.4, -0.2) is 203 Å². The summed E-state index contributed by atoms with van der Waals surface area (Å²) in [7, 11) is 0. The summed E-state index contributed by atoms with van der Waals surface area (Å²) in [5.41, 5.74) is 46.7. The fourth-order valence-corrected chi connectivity index (χ4v) is 6.65. The minimum absolute atomic E-state index is 0.160. The number of aliphatic hydroxyl groups is 1. The molecule has 2 aliphatic rings. The van der Waals surface area contributed by atoms with Crippen LogP contribution in [-0.2, 0) is 78.4 Å². The predicted octanol–water partition coefficient (Wildman–Crippen LogP) is -1.64. The Hall–Kier alpha value is -9.43. The number of thiol groups is 1. The number of nitrogens with zero attached hydrogens (tertiary/aromatic N) is 1. The number of nitrogens with two attached hydrogens (primary N) is 8. The van der Waals surface area contributed by atoms with Crippen molar-refractivity contribution in [3.63, 3.8) is 0 Å². The maximum absolute atomic E-state index is 10.6. The normalized spacial score (nSPS) is 15.1. The van der Waals surface area contributed by atoms with Crippen molar-refractivity contribution >= 4 is 83.9 Å². The van der Waals surface area contributed by atoms with Crippen molar-refractivity contribution in [3.8, 4) is 5.75 Å². The van der Waals surface area contributed by atoms with Crippen molar-refractivity contribution in [3.05, 3.63) is 125 Å². The molecule has 30 N–H and O–H groups in total. The number of aliphatic carboxylic acids is 11. The average Bonchev–Trinajstić information content (AvgIpc) is 2.69. The van der Waals surface area contributed by atoms with Crippen molar-refractivity contribution in [2.75, 3.05) is 12.3 Å². The number of carboxylic acid groups (broad SMARTS) is 11. The first-order valence-corrected chi connectivity index (χ1v) is 27.3. The standard InChI is InChI=1S/C12H13NO2.C9H11NO3.C9H11NO2.C6H9N3O2.C6H9NO6.C6H10O3.C3H7NO2S.C3H7NO2.C2H5NO2/c13-11(12(14)15)7-9-6-5-8-3-1-2-4-10(8)9;10-8(9(12)13)5-6-1-3-7(11)4-2-6;10-8(9(11)12)6-7-4-2-1-3-5-7;7-5(6(10)11)1-4-2-8-3-9-4;7-3(6(12)13)1-2(4(8)9)5(10)11;7-5-3-1-2-4(5)6(8)9;4-2(1-7)3(5)6;1-2(4)3(5)6;3-1-2(4)5/h1-4,6,11H,5,7,13H2,(H,14,15);1-4,8,11H,5,10H2,(H,12,13);1-5,8H,6,10H2,(H,11,12);2-3,5H,1,7H2,(H,8,9)(H,10,11);2-3H,1,7H2,(H,8,9)(H,10,11)(H,12,13);4-5,7H,1-3H2,(H,8,9);2,7H,1,4H2,(H,5,6);2H,4H2,1H3,(H,5,6);1,3H2,(H,4,5). The van der Waals surface area contributed by atoms with Gasteiger partial charge in [0, 0.05) is 24.1 Å². The lowest BCUT2D eigenvalue weighted by molar-refractivity contribution is -0.156. The monoisotopic (exact) mass is 1310 g/mol. The van der Waals surface area contributed by atoms with E-state index in [0.717, 1.165) is 40.8 Å². The molecule has 1 heterocycles. The van der Waals surface area contributed by atoms with Crippen LogP contribution in [0, 0.1) is 11.8 Å². The second kappa shape index (κ2) is 47.6. The van der Waals surface area contributed by atoms with Crippen molar-refractivity contribution in [1.82, 2.24) is 9.97 Å². The number of rotatable bonds is 22. The fraction of sp³-hybridized carbons (Fsp3) is 0.393. The lowest BCUT2D eigenvalue weighted by Gasteiger charge is -2.09. The number of imidazole rings is 1. The maximum Gasteiger partial charge on any atom is 0.321 e. The van der Waals surface area contributed by atoms with Gasteiger partial charge in [-0.05, 0) is 98.2 Å². The Labute approximate surface area is 525 Å². The van der Waals surface area contributed by atoms with Crippen LogP contribution in [0.2, 0.25) is 0 Å². The number of fused-ring (bicyclic) bond motifs is 1. The molecule has 35 heteroatoms. The number of hydrogen-bond acceptors (Lipinski definition) is 23. The van der Waals surface area contributed by atoms with Gasteiger partial charge in [0.2, 0.25) is 0 Å². The van der Waals surface area contributed by atoms with Gasteiger partial charge < -0.3 is 117 Å². The van der Waals surface area contributed by atoms with E-state index in [4.69, 9.17) is 107 Å². The molecule has 4 aromatic rings. The molecular formula is C56H82N10O24S. The van der Waals surface area contributed by atoms with Gasteiger partial charge in [0.15, 0.2) is 5.92 Å². The molecule has 9 unspecified atom stereocenters. The van der Waals surface area contributed by atoms with Crippen LogP contribution in [0.1, 0.15) is 67.0 Å². The molecule has 6 rings (SSSR count). The first-order chi connectivity index (χ1) is 42.3. The van der Waals surface area contributed by atoms with Crippen LogP contribution in [0.3, 0.4) is 0 Å². The van der Waals surface area contributed by atoms with E-state index in [1.807, 2.05) is 48.5 Å². The number of phenolic OH excluding ortho intramolecular Hbond substituents is 1. The molecule has 0 bridgehead atoms. The molecule has 0 spiro atoms. The Morgan fingerprint density at radius 1 is 0.549 bits per heavy atom. The highest BCUT2D eigenvalue weighted by Gasteiger charge is 2.31. The summed E-state index contributed by atoms with van der Waals surface area (Å²) < 4.78 is 0. The first kappa shape index (κ1) is 85.8. The molecule has 1 fully saturated rings. The van der Waals surface area contributed by atoms with Crippen LogP contribution < -0.4 is 45.9 Å². The van der Waals surface area contributed by atoms with E-state index in [1.54, 1.807) is 18.3 Å². The van der Waals surface area contributed by atoms with Gasteiger partial charge in [0.25, 0.3) is 0 Å². The zero-order valence-corrected chi connectivity index (χ0v) is 50.0. The number of aromatic hydroxyl groups is 1. The number of allylic oxidation sites excluding steroid dienone is 1. The molecule has 1 saturated carbocycles. The number of benzene rings is 3. The fourth-order valence-electron chi connectivity index (χ4n) is 6.49. The Kier molecular flexibility index (Phi) is 44.8. The highest BCUT2D eigenvalue weighted by Crippen LogP contribution is 2.30. The van der Waals surface area contributed by atoms with Crippen molar-refractivity contribution in [2.45, 2.75) is 113 Å². The Morgan fingerprint density at radius 2 is 0.967 bits per heavy atom. The molecule has 0 radical (unpaired) electrons. The minimum atomic E-state index is -1.77. The summed E-state index contributed by atoms with van der Waals surface area (Å²) in [6.07, 6.45) is 8.26. The van der Waals surface area contributed by atoms with Gasteiger partial charge in [-0.2, -0.15) is 12.6 Å². The molecule has 91 heavy (non-hydrogen) atoms. The average molecular weight is 1310 g/mol. The Morgan fingerprint density at radius 3 is 1.31 bits per heavy atom. The van der Waals surface area contributed by atoms with Crippen LogP contribution in [0.15, 0.2) is 97.5 Å². The van der Waals surface area contributed by atoms with Crippen molar-refractivity contribution < 1.29 is 119 Å². The van der Waals surface area contributed by atoms with Gasteiger partial charge >= 0.3 is 65.7 Å². The smallest absolute Gasteiger partial charge is 0.321 e. The second-order valence-corrected chi connectivity index (χ2v) is 19.5. The van der Waals surface area contributed by atoms with E-state index >= 15 is 0 Å². The topological polar surface area (TPSA) is 688 Å². The van der Waals surface area contributed by atoms with E-state index in [0.29, 0.717) is 25.7 Å². The van der Waals surface area contributed by atoms with E-state index in [1.165, 1.54) is 30.9 Å². The van der Waals surface area contributed by atoms with Gasteiger partial charge in [-0.15, -0.1) is 0 Å². The lowest BCUT2D eigenvalue weighted by Crippen LogP contribution is -2.37. The number of aromatic amines is 1. The molecular weight excluding hydrogens is 1230 g/mol. The number of hydrogen-bond donors (Lipinski definition) is 23. The summed E-state index contributed by atoms with van der Waals surface area (Å²) in [5.74, 6) is -14.2. The maximum atomic E-state index is 10.6. The number of aliphatic hydroxyl groups excluding tert-OH is 1. The molecule has 2 aliphatic carbocycles. The molecule has 0 amide bonds. The van der Waals surface area contributed by atoms with Gasteiger partial charge in [0.1, 0.15) is 48.0 Å². The Bertz CT molecular complexity index is 2890. The quantitative estimate of drug-likeness (QED) is 0.0310. The van der Waals surface area contributed by atoms with E-state index in [2.05, 4.69) is 40.5 Å². The molecule has 9 atom stereocenters. The SMILES string of the molecule is CC(N)C(=O)O.NC(CC(C(=O)O)C(=O)O)C(=O)O.NC(CC1=CCc2ccccc21)C(=O)O.NC(CS)C(=O)O.NC(Cc1ccc(O)cc1)C(=O)O.NC(Cc1ccccc1)C(=O)O.NC(Cc1cnc[nH]1)C(=O)O.NCC(=O)O.O=C(O)C1CCCC1O. The molecule has 0 saturated heterocycles. The van der Waals surface area contributed by atoms with Crippen LogP contribution in [0.4, 0.5) is 0 Å². The van der Waals surface area contributed by atoms with E-state index in [9.17, 15) is 52.7 Å². The summed E-state index contributed by atoms with van der Waals surface area (Å²) in [6.45, 7) is 1.14. The van der Waals surface area contributed by atoms with E-state index < -0.39 is 132 Å². The zero-order valence-electron chi connectivity index (χ0n) is 49.1. The number of nitrogens with one attached hydrogen (secondary N) is 1. The second-order valence-electron chi connectivity index (χ2n) is 19.1. The van der Waals surface area contributed by atoms with Crippen LogP contribution in [0.5, 0.6) is 5.75 Å². The third-order valence-corrected chi connectivity index (χ3v) is 12.0. The summed E-state index contributed by atoms with van der Waals surface area (Å²) in [5, 5.41) is 109. The summed E-state index contributed by atoms with van der Waals surface area (Å²) >= 11 is 3.65. The summed E-state index contributed by atoms with van der Waals surface area (Å²) in [4.78, 5) is 118. The van der Waals surface area contributed by atoms with Crippen LogP contribution >= 0.6 is 12.6 Å². The number of carboxylic acids is 11. The van der Waals surface area contributed by atoms with E-state index in [-0.39, 0.29) is 30.9 Å². The van der Waals surface area contributed by atoms with Gasteiger partial charge in [-0.1, -0.05) is 72.8 Å². The van der Waals surface area contributed by atoms with Crippen LogP contribution in [0.25, 0.3) is 5.57 Å². The predicted molar refractivity (Wildman–Crippen MR) is 327 cm³/mol. The third kappa shape index (κ3) is 41.4. The highest BCUT2D eigenvalue weighted by atomic mass is 32.1. The third-order valence-electron chi connectivity index (χ3n) is 11.6. The van der Waals surface area contributed by atoms with Crippen molar-refractivity contribution in [1.29, 1.82) is 0 Å². The first-order valence-electron chi connectivity index (χ1n) is 26.7. The molecule has 34 nitrogen and oxygen atoms in total. The van der Waals surface area contributed by atoms with Crippen molar-refractivity contribution in [2.24, 2.45) is 57.7 Å². The molecule has 3 aromatic carbocycles. The number of phenols is 1. The highest BCUT2D eigenvalue weighted by molar-refractivity contribution is 7.80. The Balaban J connectivity index is -0.000000974. The van der Waals surface area contributed by atoms with Gasteiger partial charge in [-0.3, -0.25) is 52.7 Å². The molecule has 1 aromatic heterocycles. The van der Waals surface area contributed by atoms with Gasteiger partial charge in [0.05, 0.1) is 24.9 Å².